The summed E-state index contributed by atoms with van der Waals surface area (Å²) in [6, 6.07) is 14.1. The molecule has 0 spiro atoms. The van der Waals surface area contributed by atoms with Crippen LogP contribution in [0.3, 0.4) is 0 Å². The average molecular weight is 335 g/mol. The average Bonchev–Trinajstić information content (AvgIpc) is 3.04. The molecule has 1 aromatic heterocycles. The Balaban J connectivity index is 1.50. The van der Waals surface area contributed by atoms with E-state index in [-0.39, 0.29) is 11.9 Å². The number of amides is 1. The van der Waals surface area contributed by atoms with Crippen molar-refractivity contribution < 1.29 is 13.9 Å². The molecule has 0 saturated heterocycles. The highest BCUT2D eigenvalue weighted by Gasteiger charge is 2.23. The maximum absolute atomic E-state index is 12.6. The first-order valence-electron chi connectivity index (χ1n) is 8.74. The largest absolute Gasteiger partial charge is 0.493 e. The van der Waals surface area contributed by atoms with Gasteiger partial charge >= 0.3 is 0 Å². The van der Waals surface area contributed by atoms with Crippen molar-refractivity contribution in [2.45, 2.75) is 32.2 Å². The van der Waals surface area contributed by atoms with E-state index in [2.05, 4.69) is 18.3 Å². The fourth-order valence-electron chi connectivity index (χ4n) is 3.39. The van der Waals surface area contributed by atoms with Crippen LogP contribution in [0.4, 0.5) is 0 Å². The molecule has 1 amide bonds. The number of fused-ring (bicyclic) bond motifs is 2. The van der Waals surface area contributed by atoms with Crippen molar-refractivity contribution in [3.63, 3.8) is 0 Å². The van der Waals surface area contributed by atoms with Crippen LogP contribution in [-0.2, 0) is 17.6 Å². The number of benzene rings is 2. The molecule has 1 aliphatic heterocycles. The Morgan fingerprint density at radius 1 is 1.24 bits per heavy atom. The number of nitrogens with one attached hydrogen (secondary N) is 1. The van der Waals surface area contributed by atoms with E-state index in [1.54, 1.807) is 6.26 Å². The molecule has 3 aromatic rings. The molecule has 128 valence electrons. The predicted octanol–water partition coefficient (Wildman–Crippen LogP) is 4.18. The number of aryl methyl sites for hydroxylation is 1. The lowest BCUT2D eigenvalue weighted by Crippen LogP contribution is -2.33. The summed E-state index contributed by atoms with van der Waals surface area (Å²) in [6.45, 7) is 2.74. The van der Waals surface area contributed by atoms with E-state index in [1.807, 2.05) is 36.4 Å². The minimum atomic E-state index is 0.00214. The minimum Gasteiger partial charge on any atom is -0.493 e. The molecule has 0 fully saturated rings. The Morgan fingerprint density at radius 2 is 2.12 bits per heavy atom. The van der Waals surface area contributed by atoms with Crippen LogP contribution in [-0.4, -0.2) is 12.5 Å². The maximum Gasteiger partial charge on any atom is 0.225 e. The molecule has 4 rings (SSSR count). The fourth-order valence-corrected chi connectivity index (χ4v) is 3.39. The first-order valence-corrected chi connectivity index (χ1v) is 8.74. The van der Waals surface area contributed by atoms with Crippen molar-refractivity contribution in [1.82, 2.24) is 5.32 Å². The van der Waals surface area contributed by atoms with Gasteiger partial charge in [0.2, 0.25) is 5.91 Å². The summed E-state index contributed by atoms with van der Waals surface area (Å²) in [5, 5.41) is 4.15. The molecular formula is C21H21NO3. The summed E-state index contributed by atoms with van der Waals surface area (Å²) < 4.78 is 11.3. The summed E-state index contributed by atoms with van der Waals surface area (Å²) in [5.41, 5.74) is 4.05. The molecule has 4 heteroatoms. The summed E-state index contributed by atoms with van der Waals surface area (Å²) >= 11 is 0. The lowest BCUT2D eigenvalue weighted by molar-refractivity contribution is -0.121. The zero-order chi connectivity index (χ0) is 17.2. The Labute approximate surface area is 146 Å². The second-order valence-electron chi connectivity index (χ2n) is 6.42. The van der Waals surface area contributed by atoms with Gasteiger partial charge in [0.15, 0.2) is 0 Å². The van der Waals surface area contributed by atoms with Crippen LogP contribution >= 0.6 is 0 Å². The smallest absolute Gasteiger partial charge is 0.225 e. The molecule has 0 aliphatic carbocycles. The second-order valence-corrected chi connectivity index (χ2v) is 6.42. The van der Waals surface area contributed by atoms with Crippen molar-refractivity contribution in [2.75, 3.05) is 6.61 Å². The fraction of sp³-hybridized carbons (Fsp3) is 0.286. The zero-order valence-corrected chi connectivity index (χ0v) is 14.2. The number of carbonyl (C=O) groups is 1. The molecule has 0 saturated carbocycles. The monoisotopic (exact) mass is 335 g/mol. The molecule has 1 N–H and O–H groups in total. The topological polar surface area (TPSA) is 51.5 Å². The van der Waals surface area contributed by atoms with E-state index < -0.39 is 0 Å². The quantitative estimate of drug-likeness (QED) is 0.778. The SMILES string of the molecule is CCc1ccc2c(CC(=O)NC3CCOc4ccccc43)coc2c1. The molecule has 1 atom stereocenters. The number of rotatable bonds is 4. The molecule has 2 heterocycles. The summed E-state index contributed by atoms with van der Waals surface area (Å²) in [7, 11) is 0. The predicted molar refractivity (Wildman–Crippen MR) is 96.7 cm³/mol. The van der Waals surface area contributed by atoms with Crippen LogP contribution in [0.25, 0.3) is 11.0 Å². The van der Waals surface area contributed by atoms with Gasteiger partial charge in [-0.1, -0.05) is 37.3 Å². The Kier molecular flexibility index (Phi) is 4.18. The maximum atomic E-state index is 12.6. The van der Waals surface area contributed by atoms with Gasteiger partial charge in [-0.05, 0) is 24.1 Å². The summed E-state index contributed by atoms with van der Waals surface area (Å²) in [5.74, 6) is 0.865. The molecule has 25 heavy (non-hydrogen) atoms. The number of ether oxygens (including phenoxy) is 1. The van der Waals surface area contributed by atoms with Gasteiger partial charge in [-0.2, -0.15) is 0 Å². The lowest BCUT2D eigenvalue weighted by atomic mass is 10.00. The standard InChI is InChI=1S/C21H21NO3/c1-2-14-7-8-16-15(13-25-20(16)11-14)12-21(23)22-18-9-10-24-19-6-4-3-5-17(18)19/h3-8,11,13,18H,2,9-10,12H2,1H3,(H,22,23). The molecule has 4 nitrogen and oxygen atoms in total. The highest BCUT2D eigenvalue weighted by molar-refractivity contribution is 5.88. The van der Waals surface area contributed by atoms with Crippen LogP contribution in [0.15, 0.2) is 53.1 Å². The third-order valence-electron chi connectivity index (χ3n) is 4.77. The van der Waals surface area contributed by atoms with E-state index in [4.69, 9.17) is 9.15 Å². The van der Waals surface area contributed by atoms with Gasteiger partial charge in [0.25, 0.3) is 0 Å². The van der Waals surface area contributed by atoms with Crippen molar-refractivity contribution in [3.05, 3.63) is 65.4 Å². The first kappa shape index (κ1) is 15.8. The van der Waals surface area contributed by atoms with Crippen molar-refractivity contribution >= 4 is 16.9 Å². The zero-order valence-electron chi connectivity index (χ0n) is 14.2. The molecule has 1 aliphatic rings. The Morgan fingerprint density at radius 3 is 3.00 bits per heavy atom. The minimum absolute atomic E-state index is 0.00214. The number of furan rings is 1. The first-order chi connectivity index (χ1) is 12.2. The van der Waals surface area contributed by atoms with Gasteiger partial charge in [-0.25, -0.2) is 0 Å². The van der Waals surface area contributed by atoms with Gasteiger partial charge in [0.1, 0.15) is 11.3 Å². The van der Waals surface area contributed by atoms with E-state index in [9.17, 15) is 4.79 Å². The van der Waals surface area contributed by atoms with Gasteiger partial charge in [-0.15, -0.1) is 0 Å². The molecule has 1 unspecified atom stereocenters. The van der Waals surface area contributed by atoms with E-state index >= 15 is 0 Å². The molecule has 2 aromatic carbocycles. The second kappa shape index (κ2) is 6.63. The highest BCUT2D eigenvalue weighted by Crippen LogP contribution is 2.31. The van der Waals surface area contributed by atoms with Crippen LogP contribution < -0.4 is 10.1 Å². The number of hydrogen-bond donors (Lipinski definition) is 1. The van der Waals surface area contributed by atoms with Gasteiger partial charge in [0.05, 0.1) is 25.3 Å². The van der Waals surface area contributed by atoms with Gasteiger partial charge < -0.3 is 14.5 Å². The Bertz CT molecular complexity index is 912. The normalized spacial score (nSPS) is 16.3. The number of hydrogen-bond acceptors (Lipinski definition) is 3. The van der Waals surface area contributed by atoms with Crippen LogP contribution in [0.2, 0.25) is 0 Å². The number of carbonyl (C=O) groups excluding carboxylic acids is 1. The number of para-hydroxylation sites is 1. The van der Waals surface area contributed by atoms with E-state index in [1.165, 1.54) is 5.56 Å². The lowest BCUT2D eigenvalue weighted by Gasteiger charge is -2.26. The van der Waals surface area contributed by atoms with Crippen molar-refractivity contribution in [2.24, 2.45) is 0 Å². The van der Waals surface area contributed by atoms with Crippen LogP contribution in [0.5, 0.6) is 5.75 Å². The van der Waals surface area contributed by atoms with Crippen LogP contribution in [0, 0.1) is 0 Å². The summed E-state index contributed by atoms with van der Waals surface area (Å²) in [6.07, 6.45) is 3.77. The third-order valence-corrected chi connectivity index (χ3v) is 4.77. The van der Waals surface area contributed by atoms with Crippen molar-refractivity contribution in [1.29, 1.82) is 0 Å². The molecule has 0 radical (unpaired) electrons. The van der Waals surface area contributed by atoms with Crippen molar-refractivity contribution in [3.8, 4) is 5.75 Å². The van der Waals surface area contributed by atoms with E-state index in [0.29, 0.717) is 13.0 Å². The third kappa shape index (κ3) is 3.12. The molecule has 0 bridgehead atoms. The van der Waals surface area contributed by atoms with Gasteiger partial charge in [0, 0.05) is 22.9 Å². The van der Waals surface area contributed by atoms with E-state index in [0.717, 1.165) is 40.7 Å². The highest BCUT2D eigenvalue weighted by atomic mass is 16.5. The Hall–Kier alpha value is -2.75. The van der Waals surface area contributed by atoms with Gasteiger partial charge in [-0.3, -0.25) is 4.79 Å². The molecular weight excluding hydrogens is 314 g/mol. The van der Waals surface area contributed by atoms with Crippen LogP contribution in [0.1, 0.15) is 36.1 Å². The summed E-state index contributed by atoms with van der Waals surface area (Å²) in [4.78, 5) is 12.6.